The van der Waals surface area contributed by atoms with E-state index in [1.54, 1.807) is 19.5 Å². The number of carbonyl (C=O) groups is 1. The number of amides is 1. The van der Waals surface area contributed by atoms with E-state index < -0.39 is 0 Å². The Morgan fingerprint density at radius 3 is 2.79 bits per heavy atom. The predicted molar refractivity (Wildman–Crippen MR) is 130 cm³/mol. The zero-order valence-electron chi connectivity index (χ0n) is 19.4. The summed E-state index contributed by atoms with van der Waals surface area (Å²) < 4.78 is 7.40. The van der Waals surface area contributed by atoms with Gasteiger partial charge in [0.2, 0.25) is 0 Å². The van der Waals surface area contributed by atoms with E-state index in [4.69, 9.17) is 9.72 Å². The first-order valence-corrected chi connectivity index (χ1v) is 11.5. The molecule has 0 saturated carbocycles. The Kier molecular flexibility index (Phi) is 6.08. The van der Waals surface area contributed by atoms with E-state index in [-0.39, 0.29) is 11.9 Å². The molecule has 172 valence electrons. The molecule has 0 aliphatic carbocycles. The van der Waals surface area contributed by atoms with Gasteiger partial charge in [-0.2, -0.15) is 0 Å². The molecule has 7 heteroatoms. The van der Waals surface area contributed by atoms with E-state index in [2.05, 4.69) is 14.5 Å². The SMILES string of the molecule is COc1cccc(-c2nccc([C@H]3CCCN3C(=O)c3ccccc3Cn3ccnc3C)n2)c1. The van der Waals surface area contributed by atoms with Gasteiger partial charge in [-0.3, -0.25) is 4.79 Å². The lowest BCUT2D eigenvalue weighted by Crippen LogP contribution is -2.32. The van der Waals surface area contributed by atoms with Crippen LogP contribution in [0.5, 0.6) is 5.75 Å². The summed E-state index contributed by atoms with van der Waals surface area (Å²) in [7, 11) is 1.64. The average molecular weight is 454 g/mol. The predicted octanol–water partition coefficient (Wildman–Crippen LogP) is 4.68. The summed E-state index contributed by atoms with van der Waals surface area (Å²) in [6, 6.07) is 17.4. The zero-order valence-corrected chi connectivity index (χ0v) is 19.4. The Bertz CT molecular complexity index is 1320. The van der Waals surface area contributed by atoms with Crippen LogP contribution in [0.2, 0.25) is 0 Å². The second kappa shape index (κ2) is 9.47. The minimum atomic E-state index is -0.0807. The van der Waals surface area contributed by atoms with Crippen molar-refractivity contribution in [2.24, 2.45) is 0 Å². The lowest BCUT2D eigenvalue weighted by Gasteiger charge is -2.25. The van der Waals surface area contributed by atoms with E-state index in [9.17, 15) is 4.79 Å². The van der Waals surface area contributed by atoms with Crippen LogP contribution in [0.25, 0.3) is 11.4 Å². The smallest absolute Gasteiger partial charge is 0.254 e. The Balaban J connectivity index is 1.43. The molecule has 0 unspecified atom stereocenters. The lowest BCUT2D eigenvalue weighted by molar-refractivity contribution is 0.0731. The number of aryl methyl sites for hydroxylation is 1. The Labute approximate surface area is 199 Å². The molecule has 0 bridgehead atoms. The molecule has 0 radical (unpaired) electrons. The molecule has 1 saturated heterocycles. The Morgan fingerprint density at radius 2 is 1.97 bits per heavy atom. The number of aromatic nitrogens is 4. The second-order valence-corrected chi connectivity index (χ2v) is 8.45. The van der Waals surface area contributed by atoms with Crippen LogP contribution >= 0.6 is 0 Å². The van der Waals surface area contributed by atoms with Gasteiger partial charge < -0.3 is 14.2 Å². The highest BCUT2D eigenvalue weighted by molar-refractivity contribution is 5.96. The van der Waals surface area contributed by atoms with Gasteiger partial charge >= 0.3 is 0 Å². The van der Waals surface area contributed by atoms with Gasteiger partial charge in [-0.05, 0) is 49.6 Å². The van der Waals surface area contributed by atoms with Crippen molar-refractivity contribution >= 4 is 5.91 Å². The van der Waals surface area contributed by atoms with Crippen LogP contribution in [0.4, 0.5) is 0 Å². The molecule has 0 spiro atoms. The molecule has 1 amide bonds. The van der Waals surface area contributed by atoms with E-state index in [0.29, 0.717) is 18.9 Å². The van der Waals surface area contributed by atoms with Crippen LogP contribution in [-0.4, -0.2) is 44.0 Å². The van der Waals surface area contributed by atoms with Crippen molar-refractivity contribution in [3.63, 3.8) is 0 Å². The number of carbonyl (C=O) groups excluding carboxylic acids is 1. The maximum absolute atomic E-state index is 13.7. The minimum Gasteiger partial charge on any atom is -0.497 e. The maximum atomic E-state index is 13.7. The molecule has 1 aliphatic rings. The van der Waals surface area contributed by atoms with E-state index in [1.165, 1.54) is 0 Å². The normalized spacial score (nSPS) is 15.5. The Hall–Kier alpha value is -4.00. The van der Waals surface area contributed by atoms with Crippen molar-refractivity contribution in [2.45, 2.75) is 32.4 Å². The fraction of sp³-hybridized carbons (Fsp3) is 0.259. The largest absolute Gasteiger partial charge is 0.497 e. The summed E-state index contributed by atoms with van der Waals surface area (Å²) in [5.41, 5.74) is 3.46. The van der Waals surface area contributed by atoms with Crippen LogP contribution in [0, 0.1) is 6.92 Å². The molecular formula is C27H27N5O2. The van der Waals surface area contributed by atoms with Crippen molar-refractivity contribution in [1.82, 2.24) is 24.4 Å². The average Bonchev–Trinajstić information content (AvgIpc) is 3.53. The van der Waals surface area contributed by atoms with Crippen molar-refractivity contribution < 1.29 is 9.53 Å². The number of rotatable bonds is 6. The fourth-order valence-electron chi connectivity index (χ4n) is 4.55. The third-order valence-corrected chi connectivity index (χ3v) is 6.37. The summed E-state index contributed by atoms with van der Waals surface area (Å²) in [4.78, 5) is 29.3. The van der Waals surface area contributed by atoms with E-state index in [0.717, 1.165) is 46.8 Å². The number of hydrogen-bond donors (Lipinski definition) is 0. The summed E-state index contributed by atoms with van der Waals surface area (Å²) in [6.45, 7) is 3.29. The standard InChI is InChI=1S/C27H27N5O2/c1-19-28-14-16-31(19)18-21-7-3-4-10-23(21)27(33)32-15-6-11-25(32)24-12-13-29-26(30-24)20-8-5-9-22(17-20)34-2/h3-5,7-10,12-14,16-17,25H,6,11,15,18H2,1-2H3/t25-/m1/s1. The molecule has 0 N–H and O–H groups in total. The molecule has 5 rings (SSSR count). The molecule has 3 heterocycles. The number of imidazole rings is 1. The van der Waals surface area contributed by atoms with E-state index in [1.807, 2.05) is 72.6 Å². The van der Waals surface area contributed by atoms with Gasteiger partial charge in [0, 0.05) is 42.8 Å². The molecule has 4 aromatic rings. The third-order valence-electron chi connectivity index (χ3n) is 6.37. The number of nitrogens with zero attached hydrogens (tertiary/aromatic N) is 5. The number of benzene rings is 2. The number of likely N-dealkylation sites (tertiary alicyclic amines) is 1. The van der Waals surface area contributed by atoms with Crippen molar-refractivity contribution in [1.29, 1.82) is 0 Å². The summed E-state index contributed by atoms with van der Waals surface area (Å²) in [5.74, 6) is 2.35. The lowest BCUT2D eigenvalue weighted by atomic mass is 10.0. The van der Waals surface area contributed by atoms with Crippen LogP contribution in [0.15, 0.2) is 73.2 Å². The molecule has 1 aliphatic heterocycles. The van der Waals surface area contributed by atoms with Gasteiger partial charge in [0.05, 0.1) is 18.8 Å². The molecule has 2 aromatic heterocycles. The monoisotopic (exact) mass is 453 g/mol. The van der Waals surface area contributed by atoms with E-state index >= 15 is 0 Å². The van der Waals surface area contributed by atoms with Gasteiger partial charge in [0.15, 0.2) is 5.82 Å². The quantitative estimate of drug-likeness (QED) is 0.424. The van der Waals surface area contributed by atoms with Crippen molar-refractivity contribution in [3.05, 3.63) is 95.8 Å². The molecular weight excluding hydrogens is 426 g/mol. The molecule has 1 fully saturated rings. The molecule has 1 atom stereocenters. The number of methoxy groups -OCH3 is 1. The topological polar surface area (TPSA) is 73.1 Å². The van der Waals surface area contributed by atoms with Gasteiger partial charge in [-0.25, -0.2) is 15.0 Å². The number of hydrogen-bond acceptors (Lipinski definition) is 5. The molecule has 34 heavy (non-hydrogen) atoms. The summed E-state index contributed by atoms with van der Waals surface area (Å²) in [5, 5.41) is 0. The maximum Gasteiger partial charge on any atom is 0.254 e. The first-order valence-electron chi connectivity index (χ1n) is 11.5. The first-order chi connectivity index (χ1) is 16.6. The summed E-state index contributed by atoms with van der Waals surface area (Å²) >= 11 is 0. The highest BCUT2D eigenvalue weighted by Crippen LogP contribution is 2.33. The second-order valence-electron chi connectivity index (χ2n) is 8.45. The summed E-state index contributed by atoms with van der Waals surface area (Å²) in [6.07, 6.45) is 7.32. The minimum absolute atomic E-state index is 0.0393. The van der Waals surface area contributed by atoms with Crippen LogP contribution in [-0.2, 0) is 6.54 Å². The van der Waals surface area contributed by atoms with Crippen molar-refractivity contribution in [2.75, 3.05) is 13.7 Å². The van der Waals surface area contributed by atoms with Crippen LogP contribution in [0.3, 0.4) is 0 Å². The first kappa shape index (κ1) is 21.8. The highest BCUT2D eigenvalue weighted by atomic mass is 16.5. The van der Waals surface area contributed by atoms with Gasteiger partial charge in [-0.15, -0.1) is 0 Å². The third kappa shape index (κ3) is 4.29. The van der Waals surface area contributed by atoms with Crippen LogP contribution < -0.4 is 4.74 Å². The highest BCUT2D eigenvalue weighted by Gasteiger charge is 2.32. The fourth-order valence-corrected chi connectivity index (χ4v) is 4.55. The molecule has 2 aromatic carbocycles. The van der Waals surface area contributed by atoms with Gasteiger partial charge in [0.25, 0.3) is 5.91 Å². The molecule has 7 nitrogen and oxygen atoms in total. The van der Waals surface area contributed by atoms with Gasteiger partial charge in [-0.1, -0.05) is 30.3 Å². The zero-order chi connectivity index (χ0) is 23.5. The number of ether oxygens (including phenoxy) is 1. The van der Waals surface area contributed by atoms with Crippen LogP contribution in [0.1, 0.15) is 46.3 Å². The van der Waals surface area contributed by atoms with Gasteiger partial charge in [0.1, 0.15) is 11.6 Å². The Morgan fingerprint density at radius 1 is 1.09 bits per heavy atom. The van der Waals surface area contributed by atoms with Crippen molar-refractivity contribution in [3.8, 4) is 17.1 Å².